The Kier molecular flexibility index (Phi) is 5.82. The number of halogens is 5. The number of anilines is 1. The third-order valence-electron chi connectivity index (χ3n) is 4.76. The zero-order chi connectivity index (χ0) is 20.6. The fourth-order valence-electron chi connectivity index (χ4n) is 3.03. The summed E-state index contributed by atoms with van der Waals surface area (Å²) in [6.07, 6.45) is -4.12. The van der Waals surface area contributed by atoms with Gasteiger partial charge >= 0.3 is 6.18 Å². The maximum atomic E-state index is 13.7. The number of carbonyl (C=O) groups excluding carboxylic acids is 1. The number of rotatable bonds is 4. The van der Waals surface area contributed by atoms with Gasteiger partial charge in [0.1, 0.15) is 5.82 Å². The number of carbonyl (C=O) groups is 1. The lowest BCUT2D eigenvalue weighted by atomic mass is 9.97. The summed E-state index contributed by atoms with van der Waals surface area (Å²) in [6, 6.07) is 3.41. The normalized spacial score (nSPS) is 20.2. The molecule has 28 heavy (non-hydrogen) atoms. The van der Waals surface area contributed by atoms with Gasteiger partial charge in [0.2, 0.25) is 0 Å². The van der Waals surface area contributed by atoms with E-state index in [9.17, 15) is 18.0 Å². The minimum atomic E-state index is -4.53. The number of aromatic nitrogens is 2. The van der Waals surface area contributed by atoms with Crippen molar-refractivity contribution in [2.24, 2.45) is 0 Å². The Morgan fingerprint density at radius 3 is 2.68 bits per heavy atom. The maximum absolute atomic E-state index is 13.7. The van der Waals surface area contributed by atoms with Crippen molar-refractivity contribution in [3.05, 3.63) is 45.6 Å². The highest BCUT2D eigenvalue weighted by atomic mass is 35.5. The first-order valence-electron chi connectivity index (χ1n) is 8.78. The van der Waals surface area contributed by atoms with Crippen LogP contribution in [0.3, 0.4) is 0 Å². The summed E-state index contributed by atoms with van der Waals surface area (Å²) >= 11 is 11.9. The van der Waals surface area contributed by atoms with Gasteiger partial charge in [-0.05, 0) is 31.0 Å². The van der Waals surface area contributed by atoms with Crippen LogP contribution in [0.25, 0.3) is 0 Å². The second-order valence-corrected chi connectivity index (χ2v) is 7.62. The molecule has 1 amide bonds. The van der Waals surface area contributed by atoms with Crippen LogP contribution < -0.4 is 10.6 Å². The van der Waals surface area contributed by atoms with Crippen LogP contribution in [0.15, 0.2) is 24.3 Å². The fourth-order valence-corrected chi connectivity index (χ4v) is 3.34. The van der Waals surface area contributed by atoms with Crippen LogP contribution in [0.5, 0.6) is 0 Å². The van der Waals surface area contributed by atoms with Gasteiger partial charge in [0.05, 0.1) is 16.1 Å². The van der Waals surface area contributed by atoms with E-state index in [1.807, 2.05) is 13.8 Å². The third kappa shape index (κ3) is 4.22. The van der Waals surface area contributed by atoms with Gasteiger partial charge in [0, 0.05) is 18.5 Å². The highest BCUT2D eigenvalue weighted by Crippen LogP contribution is 2.44. The number of benzene rings is 1. The van der Waals surface area contributed by atoms with Gasteiger partial charge in [-0.3, -0.25) is 4.79 Å². The minimum absolute atomic E-state index is 0.0631. The van der Waals surface area contributed by atoms with E-state index in [1.165, 1.54) is 12.1 Å². The quantitative estimate of drug-likeness (QED) is 0.678. The second-order valence-electron chi connectivity index (χ2n) is 6.81. The molecule has 2 aromatic rings. The Morgan fingerprint density at radius 1 is 1.36 bits per heavy atom. The zero-order valence-corrected chi connectivity index (χ0v) is 16.7. The first-order chi connectivity index (χ1) is 13.1. The van der Waals surface area contributed by atoms with Crippen molar-refractivity contribution in [2.45, 2.75) is 51.0 Å². The Hall–Kier alpha value is -1.93. The molecule has 3 atom stereocenters. The molecule has 1 aromatic heterocycles. The van der Waals surface area contributed by atoms with Crippen LogP contribution in [0.2, 0.25) is 10.0 Å². The molecule has 0 fully saturated rings. The van der Waals surface area contributed by atoms with Gasteiger partial charge in [0.25, 0.3) is 5.91 Å². The Bertz CT molecular complexity index is 884. The maximum Gasteiger partial charge on any atom is 0.410 e. The van der Waals surface area contributed by atoms with Crippen LogP contribution in [-0.4, -0.2) is 27.9 Å². The molecule has 1 aromatic carbocycles. The molecule has 152 valence electrons. The summed E-state index contributed by atoms with van der Waals surface area (Å²) in [7, 11) is 0. The van der Waals surface area contributed by atoms with E-state index in [0.29, 0.717) is 17.0 Å². The van der Waals surface area contributed by atoms with Crippen molar-refractivity contribution >= 4 is 34.9 Å². The summed E-state index contributed by atoms with van der Waals surface area (Å²) in [5, 5.41) is 10.2. The van der Waals surface area contributed by atoms with Gasteiger partial charge in [-0.15, -0.1) is 0 Å². The summed E-state index contributed by atoms with van der Waals surface area (Å²) < 4.78 is 41.9. The van der Waals surface area contributed by atoms with E-state index in [4.69, 9.17) is 23.2 Å². The van der Waals surface area contributed by atoms with Crippen LogP contribution >= 0.6 is 23.2 Å². The average molecular weight is 435 g/mol. The van der Waals surface area contributed by atoms with E-state index in [0.717, 1.165) is 4.68 Å². The molecular formula is C18H19Cl2F3N4O. The molecular weight excluding hydrogens is 416 g/mol. The number of amides is 1. The lowest BCUT2D eigenvalue weighted by Gasteiger charge is -2.33. The highest BCUT2D eigenvalue weighted by Gasteiger charge is 2.46. The van der Waals surface area contributed by atoms with E-state index in [-0.39, 0.29) is 29.0 Å². The van der Waals surface area contributed by atoms with E-state index < -0.39 is 24.2 Å². The Balaban J connectivity index is 1.95. The number of hydrogen-bond donors (Lipinski definition) is 2. The molecule has 0 saturated heterocycles. The van der Waals surface area contributed by atoms with Gasteiger partial charge < -0.3 is 10.6 Å². The molecule has 0 saturated carbocycles. The molecule has 3 rings (SSSR count). The number of alkyl halides is 3. The fraction of sp³-hybridized carbons (Fsp3) is 0.444. The number of fused-ring (bicyclic) bond motifs is 1. The van der Waals surface area contributed by atoms with Gasteiger partial charge in [-0.2, -0.15) is 18.3 Å². The van der Waals surface area contributed by atoms with Gasteiger partial charge in [0.15, 0.2) is 11.7 Å². The molecule has 0 radical (unpaired) electrons. The van der Waals surface area contributed by atoms with Crippen molar-refractivity contribution in [2.75, 3.05) is 5.32 Å². The van der Waals surface area contributed by atoms with E-state index >= 15 is 0 Å². The van der Waals surface area contributed by atoms with Crippen LogP contribution in [0, 0.1) is 0 Å². The first-order valence-corrected chi connectivity index (χ1v) is 9.54. The monoisotopic (exact) mass is 434 g/mol. The molecule has 0 spiro atoms. The smallest absolute Gasteiger partial charge is 0.363 e. The molecule has 5 nitrogen and oxygen atoms in total. The van der Waals surface area contributed by atoms with Crippen LogP contribution in [-0.2, 0) is 0 Å². The van der Waals surface area contributed by atoms with Gasteiger partial charge in [-0.25, -0.2) is 4.68 Å². The molecule has 1 aliphatic heterocycles. The standard InChI is InChI=1S/C18H19Cl2F3N4O/c1-3-9(2)24-17(28)14-8-16-25-13(10-4-5-11(19)12(20)6-10)7-15(18(21,22)23)27(16)26-14/h4-6,8-9,13,15,25H,3,7H2,1-2H3,(H,24,28)/t9-,13-,15-/m1/s1. The molecule has 0 bridgehead atoms. The Labute approximate surface area is 170 Å². The van der Waals surface area contributed by atoms with E-state index in [2.05, 4.69) is 15.7 Å². The molecule has 0 unspecified atom stereocenters. The average Bonchev–Trinajstić information content (AvgIpc) is 3.06. The minimum Gasteiger partial charge on any atom is -0.363 e. The molecule has 2 heterocycles. The molecule has 1 aliphatic rings. The molecule has 0 aliphatic carbocycles. The van der Waals surface area contributed by atoms with Crippen molar-refractivity contribution < 1.29 is 18.0 Å². The Morgan fingerprint density at radius 2 is 2.07 bits per heavy atom. The predicted octanol–water partition coefficient (Wildman–Crippen LogP) is 5.38. The number of nitrogens with one attached hydrogen (secondary N) is 2. The number of nitrogens with zero attached hydrogens (tertiary/aromatic N) is 2. The zero-order valence-electron chi connectivity index (χ0n) is 15.1. The molecule has 2 N–H and O–H groups in total. The topological polar surface area (TPSA) is 59.0 Å². The SMILES string of the molecule is CC[C@@H](C)NC(=O)c1cc2n(n1)[C@@H](C(F)(F)F)C[C@H](c1ccc(Cl)c(Cl)c1)N2. The van der Waals surface area contributed by atoms with Crippen LogP contribution in [0.4, 0.5) is 19.0 Å². The highest BCUT2D eigenvalue weighted by molar-refractivity contribution is 6.42. The van der Waals surface area contributed by atoms with Crippen molar-refractivity contribution in [1.29, 1.82) is 0 Å². The predicted molar refractivity (Wildman–Crippen MR) is 102 cm³/mol. The van der Waals surface area contributed by atoms with Crippen molar-refractivity contribution in [3.8, 4) is 0 Å². The van der Waals surface area contributed by atoms with Crippen molar-refractivity contribution in [3.63, 3.8) is 0 Å². The number of hydrogen-bond acceptors (Lipinski definition) is 3. The largest absolute Gasteiger partial charge is 0.410 e. The molecule has 10 heteroatoms. The third-order valence-corrected chi connectivity index (χ3v) is 5.50. The summed E-state index contributed by atoms with van der Waals surface area (Å²) in [5.74, 6) is -0.385. The van der Waals surface area contributed by atoms with Crippen LogP contribution in [0.1, 0.15) is 54.8 Å². The second kappa shape index (κ2) is 7.83. The lowest BCUT2D eigenvalue weighted by molar-refractivity contribution is -0.173. The van der Waals surface area contributed by atoms with E-state index in [1.54, 1.807) is 12.1 Å². The summed E-state index contributed by atoms with van der Waals surface area (Å²) in [4.78, 5) is 12.3. The summed E-state index contributed by atoms with van der Waals surface area (Å²) in [6.45, 7) is 3.71. The van der Waals surface area contributed by atoms with Gasteiger partial charge in [-0.1, -0.05) is 36.2 Å². The first kappa shape index (κ1) is 20.8. The lowest BCUT2D eigenvalue weighted by Crippen LogP contribution is -2.36. The van der Waals surface area contributed by atoms with Crippen molar-refractivity contribution in [1.82, 2.24) is 15.1 Å². The summed E-state index contributed by atoms with van der Waals surface area (Å²) in [5.41, 5.74) is 0.508.